The van der Waals surface area contributed by atoms with Gasteiger partial charge in [0, 0.05) is 17.7 Å². The van der Waals surface area contributed by atoms with Crippen LogP contribution < -0.4 is 10.6 Å². The van der Waals surface area contributed by atoms with E-state index in [1.165, 1.54) is 19.3 Å². The number of carboxylic acids is 1. The zero-order chi connectivity index (χ0) is 16.7. The van der Waals surface area contributed by atoms with E-state index in [0.29, 0.717) is 23.6 Å². The Balaban J connectivity index is 1.83. The number of rotatable bonds is 6. The first-order valence-electron chi connectivity index (χ1n) is 7.94. The third-order valence-electron chi connectivity index (χ3n) is 4.03. The number of carbonyl (C=O) groups excluding carboxylic acids is 2. The van der Waals surface area contributed by atoms with Gasteiger partial charge in [-0.1, -0.05) is 19.3 Å². The van der Waals surface area contributed by atoms with E-state index in [-0.39, 0.29) is 5.91 Å². The fourth-order valence-electron chi connectivity index (χ4n) is 2.83. The topological polar surface area (TPSA) is 95.5 Å². The van der Waals surface area contributed by atoms with E-state index in [1.54, 1.807) is 24.3 Å². The molecule has 1 aromatic rings. The van der Waals surface area contributed by atoms with Crippen LogP contribution in [0.2, 0.25) is 0 Å². The van der Waals surface area contributed by atoms with Crippen molar-refractivity contribution in [3.05, 3.63) is 29.8 Å². The normalized spacial score (nSPS) is 15.0. The molecule has 0 saturated heterocycles. The standard InChI is InChI=1S/C17H22N2O4/c20-15(10-12-4-2-1-3-5-12)19-14-8-6-13(7-9-14)17(23)18-11-16(21)22/h6-9,12H,1-5,10-11H2,(H,18,23)(H,19,20)(H,21,22). The average Bonchev–Trinajstić information content (AvgIpc) is 2.54. The number of hydrogen-bond acceptors (Lipinski definition) is 3. The van der Waals surface area contributed by atoms with E-state index in [2.05, 4.69) is 10.6 Å². The zero-order valence-electron chi connectivity index (χ0n) is 13.0. The van der Waals surface area contributed by atoms with Gasteiger partial charge >= 0.3 is 5.97 Å². The van der Waals surface area contributed by atoms with Crippen molar-refractivity contribution in [2.24, 2.45) is 5.92 Å². The summed E-state index contributed by atoms with van der Waals surface area (Å²) in [5.74, 6) is -1.07. The van der Waals surface area contributed by atoms with Gasteiger partial charge in [-0.25, -0.2) is 0 Å². The van der Waals surface area contributed by atoms with E-state index >= 15 is 0 Å². The number of aliphatic carboxylic acids is 1. The molecule has 0 heterocycles. The van der Waals surface area contributed by atoms with Gasteiger partial charge in [-0.05, 0) is 43.0 Å². The molecule has 6 heteroatoms. The molecule has 2 rings (SSSR count). The minimum atomic E-state index is -1.09. The van der Waals surface area contributed by atoms with Crippen molar-refractivity contribution in [3.63, 3.8) is 0 Å². The number of benzene rings is 1. The molecule has 3 N–H and O–H groups in total. The third-order valence-corrected chi connectivity index (χ3v) is 4.03. The summed E-state index contributed by atoms with van der Waals surface area (Å²) in [5, 5.41) is 13.7. The maximum atomic E-state index is 12.0. The van der Waals surface area contributed by atoms with E-state index in [4.69, 9.17) is 5.11 Å². The summed E-state index contributed by atoms with van der Waals surface area (Å²) in [6.45, 7) is -0.418. The van der Waals surface area contributed by atoms with Gasteiger partial charge in [0.1, 0.15) is 6.54 Å². The first-order chi connectivity index (χ1) is 11.0. The predicted octanol–water partition coefficient (Wildman–Crippen LogP) is 2.41. The summed E-state index contributed by atoms with van der Waals surface area (Å²) in [7, 11) is 0. The molecular weight excluding hydrogens is 296 g/mol. The minimum absolute atomic E-state index is 0.0000197. The molecule has 0 atom stereocenters. The van der Waals surface area contributed by atoms with Crippen LogP contribution in [-0.2, 0) is 9.59 Å². The van der Waals surface area contributed by atoms with Gasteiger partial charge < -0.3 is 15.7 Å². The second-order valence-electron chi connectivity index (χ2n) is 5.91. The lowest BCUT2D eigenvalue weighted by Gasteiger charge is -2.20. The Bertz CT molecular complexity index is 562. The van der Waals surface area contributed by atoms with E-state index in [9.17, 15) is 14.4 Å². The first kappa shape index (κ1) is 17.0. The largest absolute Gasteiger partial charge is 0.480 e. The van der Waals surface area contributed by atoms with E-state index in [0.717, 1.165) is 12.8 Å². The lowest BCUT2D eigenvalue weighted by Crippen LogP contribution is -2.29. The van der Waals surface area contributed by atoms with Crippen LogP contribution in [-0.4, -0.2) is 29.4 Å². The molecule has 0 aliphatic heterocycles. The summed E-state index contributed by atoms with van der Waals surface area (Å²) in [5.41, 5.74) is 0.997. The van der Waals surface area contributed by atoms with Crippen LogP contribution in [0.4, 0.5) is 5.69 Å². The highest BCUT2D eigenvalue weighted by Crippen LogP contribution is 2.26. The molecule has 1 fully saturated rings. The van der Waals surface area contributed by atoms with Crippen LogP contribution in [0, 0.1) is 5.92 Å². The first-order valence-corrected chi connectivity index (χ1v) is 7.94. The summed E-state index contributed by atoms with van der Waals surface area (Å²) in [6, 6.07) is 6.42. The maximum absolute atomic E-state index is 12.0. The second kappa shape index (κ2) is 8.31. The van der Waals surface area contributed by atoms with Gasteiger partial charge in [-0.3, -0.25) is 14.4 Å². The Morgan fingerprint density at radius 3 is 2.30 bits per heavy atom. The van der Waals surface area contributed by atoms with Gasteiger partial charge in [0.25, 0.3) is 5.91 Å². The monoisotopic (exact) mass is 318 g/mol. The fourth-order valence-corrected chi connectivity index (χ4v) is 2.83. The van der Waals surface area contributed by atoms with Crippen LogP contribution in [0.25, 0.3) is 0 Å². The molecular formula is C17H22N2O4. The molecule has 1 saturated carbocycles. The van der Waals surface area contributed by atoms with Crippen molar-refractivity contribution in [2.75, 3.05) is 11.9 Å². The summed E-state index contributed by atoms with van der Waals surface area (Å²) in [4.78, 5) is 34.1. The molecule has 124 valence electrons. The third kappa shape index (κ3) is 5.73. The Morgan fingerprint density at radius 2 is 1.70 bits per heavy atom. The molecule has 2 amide bonds. The van der Waals surface area contributed by atoms with Gasteiger partial charge in [0.05, 0.1) is 0 Å². The smallest absolute Gasteiger partial charge is 0.322 e. The van der Waals surface area contributed by atoms with Crippen molar-refractivity contribution >= 4 is 23.5 Å². The molecule has 0 aromatic heterocycles. The maximum Gasteiger partial charge on any atom is 0.322 e. The Hall–Kier alpha value is -2.37. The number of carboxylic acid groups (broad SMARTS) is 1. The number of anilines is 1. The molecule has 0 bridgehead atoms. The zero-order valence-corrected chi connectivity index (χ0v) is 13.0. The van der Waals surface area contributed by atoms with Crippen LogP contribution in [0.3, 0.4) is 0 Å². The molecule has 1 aromatic carbocycles. The molecule has 6 nitrogen and oxygen atoms in total. The fraction of sp³-hybridized carbons (Fsp3) is 0.471. The lowest BCUT2D eigenvalue weighted by molar-refractivity contribution is -0.135. The van der Waals surface area contributed by atoms with Crippen molar-refractivity contribution in [1.82, 2.24) is 5.32 Å². The highest BCUT2D eigenvalue weighted by Gasteiger charge is 2.17. The van der Waals surface area contributed by atoms with Gasteiger partial charge in [0.2, 0.25) is 5.91 Å². The molecule has 23 heavy (non-hydrogen) atoms. The molecule has 0 spiro atoms. The van der Waals surface area contributed by atoms with Crippen molar-refractivity contribution < 1.29 is 19.5 Å². The molecule has 0 unspecified atom stereocenters. The van der Waals surface area contributed by atoms with E-state index in [1.807, 2.05) is 0 Å². The number of carbonyl (C=O) groups is 3. The Labute approximate surface area is 135 Å². The Morgan fingerprint density at radius 1 is 1.04 bits per heavy atom. The van der Waals surface area contributed by atoms with Gasteiger partial charge in [-0.15, -0.1) is 0 Å². The molecule has 0 radical (unpaired) electrons. The number of hydrogen-bond donors (Lipinski definition) is 3. The second-order valence-corrected chi connectivity index (χ2v) is 5.91. The van der Waals surface area contributed by atoms with E-state index < -0.39 is 18.4 Å². The van der Waals surface area contributed by atoms with Crippen LogP contribution >= 0.6 is 0 Å². The summed E-state index contributed by atoms with van der Waals surface area (Å²) in [6.07, 6.45) is 6.47. The van der Waals surface area contributed by atoms with Gasteiger partial charge in [-0.2, -0.15) is 0 Å². The van der Waals surface area contributed by atoms with Crippen molar-refractivity contribution in [1.29, 1.82) is 0 Å². The van der Waals surface area contributed by atoms with Gasteiger partial charge in [0.15, 0.2) is 0 Å². The molecule has 1 aliphatic carbocycles. The Kier molecular flexibility index (Phi) is 6.14. The average molecular weight is 318 g/mol. The van der Waals surface area contributed by atoms with Crippen molar-refractivity contribution in [3.8, 4) is 0 Å². The highest BCUT2D eigenvalue weighted by molar-refractivity contribution is 5.97. The van der Waals surface area contributed by atoms with Crippen molar-refractivity contribution in [2.45, 2.75) is 38.5 Å². The predicted molar refractivity (Wildman–Crippen MR) is 86.2 cm³/mol. The quantitative estimate of drug-likeness (QED) is 0.750. The summed E-state index contributed by atoms with van der Waals surface area (Å²) < 4.78 is 0. The van der Waals surface area contributed by atoms with Crippen LogP contribution in [0.5, 0.6) is 0 Å². The van der Waals surface area contributed by atoms with Crippen LogP contribution in [0.15, 0.2) is 24.3 Å². The molecule has 1 aliphatic rings. The minimum Gasteiger partial charge on any atom is -0.480 e. The lowest BCUT2D eigenvalue weighted by atomic mass is 9.87. The summed E-state index contributed by atoms with van der Waals surface area (Å²) >= 11 is 0. The number of amides is 2. The SMILES string of the molecule is O=C(O)CNC(=O)c1ccc(NC(=O)CC2CCCCC2)cc1. The highest BCUT2D eigenvalue weighted by atomic mass is 16.4. The van der Waals surface area contributed by atoms with Crippen LogP contribution in [0.1, 0.15) is 48.9 Å². The number of nitrogens with one attached hydrogen (secondary N) is 2.